The number of ketones is 1. The molecule has 0 amide bonds. The predicted octanol–water partition coefficient (Wildman–Crippen LogP) is 3.12. The fourth-order valence-electron chi connectivity index (χ4n) is 3.46. The van der Waals surface area contributed by atoms with Gasteiger partial charge in [-0.1, -0.05) is 6.07 Å². The molecule has 0 aliphatic carbocycles. The van der Waals surface area contributed by atoms with Crippen LogP contribution in [0, 0.1) is 0 Å². The maximum absolute atomic E-state index is 12.9. The van der Waals surface area contributed by atoms with E-state index < -0.39 is 0 Å². The van der Waals surface area contributed by atoms with E-state index in [2.05, 4.69) is 4.90 Å². The molecular formula is C22H23NO6. The molecule has 0 bridgehead atoms. The lowest BCUT2D eigenvalue weighted by atomic mass is 10.0. The van der Waals surface area contributed by atoms with Gasteiger partial charge >= 0.3 is 0 Å². The van der Waals surface area contributed by atoms with Crippen molar-refractivity contribution in [2.45, 2.75) is 6.54 Å². The normalized spacial score (nSPS) is 16.8. The summed E-state index contributed by atoms with van der Waals surface area (Å²) in [7, 11) is 4.82. The highest BCUT2D eigenvalue weighted by atomic mass is 16.5. The number of hydrogen-bond donors (Lipinski definition) is 0. The van der Waals surface area contributed by atoms with Gasteiger partial charge in [-0.25, -0.2) is 0 Å². The van der Waals surface area contributed by atoms with Gasteiger partial charge in [0.1, 0.15) is 18.2 Å². The van der Waals surface area contributed by atoms with Crippen LogP contribution in [0.3, 0.4) is 0 Å². The molecule has 0 saturated carbocycles. The fourth-order valence-corrected chi connectivity index (χ4v) is 3.46. The Bertz CT molecular complexity index is 968. The van der Waals surface area contributed by atoms with Crippen molar-refractivity contribution in [2.75, 3.05) is 41.2 Å². The van der Waals surface area contributed by atoms with Crippen molar-refractivity contribution in [3.8, 4) is 23.0 Å². The standard InChI is InChI=1S/C22H23NO6/c1-25-9-8-23-12-16-17(28-13-23)7-5-15-21(24)20(29-22(15)16)11-14-4-6-18(26-2)19(10-14)27-3/h4-7,10-11H,8-9,12-13H2,1-3H3. The maximum Gasteiger partial charge on any atom is 0.231 e. The summed E-state index contributed by atoms with van der Waals surface area (Å²) in [6, 6.07) is 9.04. The lowest BCUT2D eigenvalue weighted by Crippen LogP contribution is -2.34. The van der Waals surface area contributed by atoms with Gasteiger partial charge in [-0.15, -0.1) is 0 Å². The molecule has 7 heteroatoms. The number of benzene rings is 2. The SMILES string of the molecule is COCCN1COc2ccc3c(c2C1)OC(=Cc1ccc(OC)c(OC)c1)C3=O. The topological polar surface area (TPSA) is 66.5 Å². The molecule has 2 heterocycles. The third-order valence-corrected chi connectivity index (χ3v) is 5.00. The number of rotatable bonds is 6. The minimum Gasteiger partial charge on any atom is -0.493 e. The van der Waals surface area contributed by atoms with Gasteiger partial charge in [0.25, 0.3) is 0 Å². The highest BCUT2D eigenvalue weighted by molar-refractivity contribution is 6.15. The Morgan fingerprint density at radius 3 is 2.69 bits per heavy atom. The van der Waals surface area contributed by atoms with Crippen molar-refractivity contribution in [3.63, 3.8) is 0 Å². The second-order valence-corrected chi connectivity index (χ2v) is 6.79. The summed E-state index contributed by atoms with van der Waals surface area (Å²) in [6.07, 6.45) is 1.71. The van der Waals surface area contributed by atoms with Crippen LogP contribution in [-0.2, 0) is 11.3 Å². The molecule has 0 fully saturated rings. The summed E-state index contributed by atoms with van der Waals surface area (Å²) in [5.41, 5.74) is 2.22. The van der Waals surface area contributed by atoms with Crippen LogP contribution in [0.2, 0.25) is 0 Å². The van der Waals surface area contributed by atoms with Crippen LogP contribution < -0.4 is 18.9 Å². The quantitative estimate of drug-likeness (QED) is 0.694. The Morgan fingerprint density at radius 2 is 1.93 bits per heavy atom. The Hall–Kier alpha value is -3.03. The van der Waals surface area contributed by atoms with Gasteiger partial charge in [-0.05, 0) is 35.9 Å². The number of methoxy groups -OCH3 is 3. The second-order valence-electron chi connectivity index (χ2n) is 6.79. The molecule has 0 radical (unpaired) electrons. The molecule has 152 valence electrons. The largest absolute Gasteiger partial charge is 0.493 e. The van der Waals surface area contributed by atoms with E-state index in [0.717, 1.165) is 23.4 Å². The fraction of sp³-hybridized carbons (Fsp3) is 0.318. The molecule has 2 aromatic carbocycles. The van der Waals surface area contributed by atoms with Crippen molar-refractivity contribution < 1.29 is 28.5 Å². The van der Waals surface area contributed by atoms with E-state index in [1.165, 1.54) is 0 Å². The molecule has 0 saturated heterocycles. The number of carbonyl (C=O) groups is 1. The molecule has 4 rings (SSSR count). The molecule has 0 unspecified atom stereocenters. The first-order chi connectivity index (χ1) is 14.1. The summed E-state index contributed by atoms with van der Waals surface area (Å²) in [5, 5.41) is 0. The van der Waals surface area contributed by atoms with Crippen LogP contribution in [0.4, 0.5) is 0 Å². The predicted molar refractivity (Wildman–Crippen MR) is 107 cm³/mol. The average molecular weight is 397 g/mol. The van der Waals surface area contributed by atoms with Crippen LogP contribution >= 0.6 is 0 Å². The molecule has 2 aliphatic heterocycles. The molecule has 0 spiro atoms. The zero-order valence-corrected chi connectivity index (χ0v) is 16.7. The minimum absolute atomic E-state index is 0.147. The van der Waals surface area contributed by atoms with E-state index in [0.29, 0.717) is 42.7 Å². The minimum atomic E-state index is -0.147. The molecule has 0 N–H and O–H groups in total. The maximum atomic E-state index is 12.9. The monoisotopic (exact) mass is 397 g/mol. The Morgan fingerprint density at radius 1 is 1.10 bits per heavy atom. The van der Waals surface area contributed by atoms with Gasteiger partial charge in [0.15, 0.2) is 17.3 Å². The number of nitrogens with zero attached hydrogens (tertiary/aromatic N) is 1. The third kappa shape index (κ3) is 3.66. The lowest BCUT2D eigenvalue weighted by molar-refractivity contribution is 0.0646. The lowest BCUT2D eigenvalue weighted by Gasteiger charge is -2.29. The van der Waals surface area contributed by atoms with Crippen LogP contribution in [0.5, 0.6) is 23.0 Å². The first-order valence-corrected chi connectivity index (χ1v) is 9.31. The van der Waals surface area contributed by atoms with Crippen LogP contribution in [-0.4, -0.2) is 51.9 Å². The van der Waals surface area contributed by atoms with Gasteiger partial charge in [-0.3, -0.25) is 9.69 Å². The van der Waals surface area contributed by atoms with Gasteiger partial charge in [0, 0.05) is 20.2 Å². The molecule has 0 aromatic heterocycles. The number of allylic oxidation sites excluding steroid dienone is 1. The molecule has 7 nitrogen and oxygen atoms in total. The second kappa shape index (κ2) is 8.14. The van der Waals surface area contributed by atoms with Crippen molar-refractivity contribution in [1.82, 2.24) is 4.90 Å². The van der Waals surface area contributed by atoms with Gasteiger partial charge in [0.05, 0.1) is 32.0 Å². The van der Waals surface area contributed by atoms with E-state index in [9.17, 15) is 4.79 Å². The molecule has 29 heavy (non-hydrogen) atoms. The van der Waals surface area contributed by atoms with Crippen LogP contribution in [0.25, 0.3) is 6.08 Å². The number of Topliss-reactive ketones (excluding diaryl/α,β-unsaturated/α-hetero) is 1. The number of ether oxygens (including phenoxy) is 5. The number of hydrogen-bond acceptors (Lipinski definition) is 7. The Kier molecular flexibility index (Phi) is 5.42. The number of fused-ring (bicyclic) bond motifs is 3. The molecular weight excluding hydrogens is 374 g/mol. The van der Waals surface area contributed by atoms with E-state index >= 15 is 0 Å². The molecule has 2 aliphatic rings. The van der Waals surface area contributed by atoms with Gasteiger partial charge < -0.3 is 23.7 Å². The third-order valence-electron chi connectivity index (χ3n) is 5.00. The summed E-state index contributed by atoms with van der Waals surface area (Å²) < 4.78 is 27.6. The summed E-state index contributed by atoms with van der Waals surface area (Å²) in [6.45, 7) is 2.47. The summed E-state index contributed by atoms with van der Waals surface area (Å²) in [5.74, 6) is 2.66. The smallest absolute Gasteiger partial charge is 0.231 e. The zero-order valence-electron chi connectivity index (χ0n) is 16.7. The van der Waals surface area contributed by atoms with Crippen LogP contribution in [0.1, 0.15) is 21.5 Å². The summed E-state index contributed by atoms with van der Waals surface area (Å²) in [4.78, 5) is 15.0. The average Bonchev–Trinajstić information content (AvgIpc) is 3.07. The highest BCUT2D eigenvalue weighted by Crippen LogP contribution is 2.42. The molecule has 0 atom stereocenters. The van der Waals surface area contributed by atoms with Crippen molar-refractivity contribution in [1.29, 1.82) is 0 Å². The Balaban J connectivity index is 1.63. The Labute approximate surface area is 169 Å². The van der Waals surface area contributed by atoms with Crippen molar-refractivity contribution >= 4 is 11.9 Å². The van der Waals surface area contributed by atoms with Gasteiger partial charge in [0.2, 0.25) is 5.78 Å². The first-order valence-electron chi connectivity index (χ1n) is 9.31. The van der Waals surface area contributed by atoms with E-state index in [4.69, 9.17) is 23.7 Å². The van der Waals surface area contributed by atoms with E-state index in [1.54, 1.807) is 45.6 Å². The zero-order chi connectivity index (χ0) is 20.4. The first kappa shape index (κ1) is 19.3. The van der Waals surface area contributed by atoms with E-state index in [-0.39, 0.29) is 11.5 Å². The van der Waals surface area contributed by atoms with Crippen LogP contribution in [0.15, 0.2) is 36.1 Å². The van der Waals surface area contributed by atoms with Crippen molar-refractivity contribution in [2.24, 2.45) is 0 Å². The van der Waals surface area contributed by atoms with Gasteiger partial charge in [-0.2, -0.15) is 0 Å². The number of carbonyl (C=O) groups excluding carboxylic acids is 1. The molecule has 2 aromatic rings. The van der Waals surface area contributed by atoms with Crippen molar-refractivity contribution in [3.05, 3.63) is 52.8 Å². The summed E-state index contributed by atoms with van der Waals surface area (Å²) >= 11 is 0. The highest BCUT2D eigenvalue weighted by Gasteiger charge is 2.33. The van der Waals surface area contributed by atoms with E-state index in [1.807, 2.05) is 12.1 Å².